The largest absolute Gasteiger partial charge is 0.293 e. The number of carbonyl (C=O) groups excluding carboxylic acids is 1. The van der Waals surface area contributed by atoms with Crippen LogP contribution in [-0.2, 0) is 0 Å². The van der Waals surface area contributed by atoms with Gasteiger partial charge in [-0.2, -0.15) is 0 Å². The fraction of sp³-hybridized carbons (Fsp3) is 0.409. The Morgan fingerprint density at radius 2 is 1.52 bits per heavy atom. The molecule has 1 nitrogen and oxygen atoms in total. The molecule has 0 aliphatic carbocycles. The van der Waals surface area contributed by atoms with Gasteiger partial charge in [0, 0.05) is 11.5 Å². The van der Waals surface area contributed by atoms with Crippen molar-refractivity contribution in [3.05, 3.63) is 70.8 Å². The quantitative estimate of drug-likeness (QED) is 0.571. The van der Waals surface area contributed by atoms with Crippen LogP contribution in [0.25, 0.3) is 0 Å². The van der Waals surface area contributed by atoms with Crippen LogP contribution in [0.15, 0.2) is 48.5 Å². The van der Waals surface area contributed by atoms with E-state index in [9.17, 15) is 4.79 Å². The molecule has 0 aliphatic heterocycles. The minimum atomic E-state index is -0.0569. The first kappa shape index (κ1) is 17.5. The Morgan fingerprint density at radius 1 is 0.870 bits per heavy atom. The molecule has 2 aromatic rings. The van der Waals surface area contributed by atoms with E-state index in [1.807, 2.05) is 24.3 Å². The molecule has 0 amide bonds. The van der Waals surface area contributed by atoms with Crippen LogP contribution < -0.4 is 0 Å². The number of benzene rings is 2. The Balaban J connectivity index is 2.45. The highest BCUT2D eigenvalue weighted by Gasteiger charge is 2.23. The maximum atomic E-state index is 13.2. The van der Waals surface area contributed by atoms with Gasteiger partial charge >= 0.3 is 0 Å². The molecule has 0 radical (unpaired) electrons. The van der Waals surface area contributed by atoms with Crippen LogP contribution in [0, 0.1) is 0 Å². The molecule has 122 valence electrons. The highest BCUT2D eigenvalue weighted by molar-refractivity contribution is 6.02. The highest BCUT2D eigenvalue weighted by atomic mass is 16.1. The van der Waals surface area contributed by atoms with Crippen molar-refractivity contribution in [3.8, 4) is 0 Å². The molecule has 0 fully saturated rings. The van der Waals surface area contributed by atoms with Crippen molar-refractivity contribution >= 4 is 5.78 Å². The summed E-state index contributed by atoms with van der Waals surface area (Å²) in [7, 11) is 0. The Hall–Kier alpha value is -1.89. The molecule has 0 aliphatic rings. The third-order valence-corrected chi connectivity index (χ3v) is 4.56. The Kier molecular flexibility index (Phi) is 5.76. The smallest absolute Gasteiger partial charge is 0.170 e. The Bertz CT molecular complexity index is 653. The molecule has 2 rings (SSSR count). The summed E-state index contributed by atoms with van der Waals surface area (Å²) >= 11 is 0. The number of ketones is 1. The van der Waals surface area contributed by atoms with E-state index in [1.165, 1.54) is 11.1 Å². The van der Waals surface area contributed by atoms with Gasteiger partial charge < -0.3 is 0 Å². The zero-order valence-corrected chi connectivity index (χ0v) is 15.0. The molecule has 0 saturated heterocycles. The predicted molar refractivity (Wildman–Crippen MR) is 98.4 cm³/mol. The second-order valence-corrected chi connectivity index (χ2v) is 6.89. The van der Waals surface area contributed by atoms with Gasteiger partial charge in [-0.05, 0) is 34.9 Å². The number of rotatable bonds is 6. The second-order valence-electron chi connectivity index (χ2n) is 6.89. The molecule has 1 unspecified atom stereocenters. The average molecular weight is 308 g/mol. The first-order valence-corrected chi connectivity index (χ1v) is 8.68. The summed E-state index contributed by atoms with van der Waals surface area (Å²) in [5.41, 5.74) is 4.48. The summed E-state index contributed by atoms with van der Waals surface area (Å²) in [6, 6.07) is 16.5. The van der Waals surface area contributed by atoms with Crippen LogP contribution in [0.4, 0.5) is 0 Å². The van der Waals surface area contributed by atoms with Crippen molar-refractivity contribution in [2.75, 3.05) is 0 Å². The molecule has 0 spiro atoms. The van der Waals surface area contributed by atoms with E-state index in [2.05, 4.69) is 58.9 Å². The van der Waals surface area contributed by atoms with Crippen molar-refractivity contribution in [3.63, 3.8) is 0 Å². The van der Waals surface area contributed by atoms with E-state index in [-0.39, 0.29) is 11.7 Å². The van der Waals surface area contributed by atoms with Crippen LogP contribution in [0.5, 0.6) is 0 Å². The summed E-state index contributed by atoms with van der Waals surface area (Å²) in [6.07, 6.45) is 0.826. The van der Waals surface area contributed by atoms with Gasteiger partial charge in [0.1, 0.15) is 0 Å². The molecule has 0 saturated carbocycles. The van der Waals surface area contributed by atoms with Gasteiger partial charge in [-0.15, -0.1) is 0 Å². The first-order chi connectivity index (χ1) is 11.0. The van der Waals surface area contributed by atoms with E-state index in [0.717, 1.165) is 17.5 Å². The Labute approximate surface area is 140 Å². The van der Waals surface area contributed by atoms with E-state index in [4.69, 9.17) is 0 Å². The number of carbonyl (C=O) groups is 1. The van der Waals surface area contributed by atoms with Crippen LogP contribution in [0.3, 0.4) is 0 Å². The lowest BCUT2D eigenvalue weighted by atomic mass is 9.83. The minimum absolute atomic E-state index is 0.0569. The molecular weight excluding hydrogens is 280 g/mol. The maximum absolute atomic E-state index is 13.2. The van der Waals surface area contributed by atoms with Crippen molar-refractivity contribution < 1.29 is 4.79 Å². The molecule has 0 N–H and O–H groups in total. The summed E-state index contributed by atoms with van der Waals surface area (Å²) in [5.74, 6) is 1.02. The average Bonchev–Trinajstić information content (AvgIpc) is 2.55. The molecular formula is C22H28O. The van der Waals surface area contributed by atoms with Gasteiger partial charge in [-0.3, -0.25) is 4.79 Å². The van der Waals surface area contributed by atoms with Gasteiger partial charge in [0.2, 0.25) is 0 Å². The van der Waals surface area contributed by atoms with Crippen LogP contribution >= 0.6 is 0 Å². The molecule has 0 bridgehead atoms. The second kappa shape index (κ2) is 7.59. The Morgan fingerprint density at radius 3 is 2.04 bits per heavy atom. The fourth-order valence-corrected chi connectivity index (χ4v) is 3.09. The van der Waals surface area contributed by atoms with Crippen molar-refractivity contribution in [2.24, 2.45) is 0 Å². The van der Waals surface area contributed by atoms with Crippen LogP contribution in [0.1, 0.15) is 85.8 Å². The molecule has 23 heavy (non-hydrogen) atoms. The lowest BCUT2D eigenvalue weighted by Crippen LogP contribution is -2.15. The standard InChI is InChI=1S/C22H28O/c1-6-19(17-10-8-7-9-11-17)22(23)20-13-12-18(15(2)3)14-21(20)16(4)5/h7-16,19H,6H2,1-5H3. The zero-order chi connectivity index (χ0) is 17.0. The predicted octanol–water partition coefficient (Wildman–Crippen LogP) is 6.31. The van der Waals surface area contributed by atoms with Crippen molar-refractivity contribution in [1.82, 2.24) is 0 Å². The molecule has 1 heteroatoms. The highest BCUT2D eigenvalue weighted by Crippen LogP contribution is 2.30. The minimum Gasteiger partial charge on any atom is -0.293 e. The van der Waals surface area contributed by atoms with E-state index in [1.54, 1.807) is 0 Å². The van der Waals surface area contributed by atoms with Gasteiger partial charge in [0.05, 0.1) is 0 Å². The van der Waals surface area contributed by atoms with Crippen LogP contribution in [-0.4, -0.2) is 5.78 Å². The normalized spacial score (nSPS) is 12.7. The monoisotopic (exact) mass is 308 g/mol. The summed E-state index contributed by atoms with van der Waals surface area (Å²) in [4.78, 5) is 13.2. The summed E-state index contributed by atoms with van der Waals surface area (Å²) in [5, 5.41) is 0. The SMILES string of the molecule is CCC(C(=O)c1ccc(C(C)C)cc1C(C)C)c1ccccc1. The summed E-state index contributed by atoms with van der Waals surface area (Å²) in [6.45, 7) is 10.8. The molecule has 0 heterocycles. The zero-order valence-electron chi connectivity index (χ0n) is 15.0. The number of Topliss-reactive ketones (excluding diaryl/α,β-unsaturated/α-hetero) is 1. The van der Waals surface area contributed by atoms with E-state index in [0.29, 0.717) is 11.8 Å². The molecule has 0 aromatic heterocycles. The van der Waals surface area contributed by atoms with Crippen molar-refractivity contribution in [1.29, 1.82) is 0 Å². The fourth-order valence-electron chi connectivity index (χ4n) is 3.09. The van der Waals surface area contributed by atoms with E-state index >= 15 is 0 Å². The topological polar surface area (TPSA) is 17.1 Å². The lowest BCUT2D eigenvalue weighted by molar-refractivity contribution is 0.0956. The van der Waals surface area contributed by atoms with Gasteiger partial charge in [-0.1, -0.05) is 83.1 Å². The summed E-state index contributed by atoms with van der Waals surface area (Å²) < 4.78 is 0. The third kappa shape index (κ3) is 3.90. The van der Waals surface area contributed by atoms with Crippen LogP contribution in [0.2, 0.25) is 0 Å². The van der Waals surface area contributed by atoms with Crippen molar-refractivity contribution in [2.45, 2.75) is 58.8 Å². The number of hydrogen-bond acceptors (Lipinski definition) is 1. The van der Waals surface area contributed by atoms with Gasteiger partial charge in [-0.25, -0.2) is 0 Å². The third-order valence-electron chi connectivity index (χ3n) is 4.56. The van der Waals surface area contributed by atoms with Gasteiger partial charge in [0.25, 0.3) is 0 Å². The number of hydrogen-bond donors (Lipinski definition) is 0. The van der Waals surface area contributed by atoms with E-state index < -0.39 is 0 Å². The molecule has 2 aromatic carbocycles. The lowest BCUT2D eigenvalue weighted by Gasteiger charge is -2.20. The molecule has 1 atom stereocenters. The first-order valence-electron chi connectivity index (χ1n) is 8.68. The maximum Gasteiger partial charge on any atom is 0.170 e. The van der Waals surface area contributed by atoms with Gasteiger partial charge in [0.15, 0.2) is 5.78 Å².